The number of urea groups is 1. The molecular formula is C29H42Cl2N8O3. The molecule has 42 heavy (non-hydrogen) atoms. The molecule has 2 fully saturated rings. The van der Waals surface area contributed by atoms with E-state index in [1.807, 2.05) is 19.1 Å². The van der Waals surface area contributed by atoms with E-state index in [1.165, 1.54) is 18.2 Å². The summed E-state index contributed by atoms with van der Waals surface area (Å²) in [7, 11) is 1.27. The third kappa shape index (κ3) is 7.94. The van der Waals surface area contributed by atoms with Crippen LogP contribution in [0.4, 0.5) is 16.4 Å². The van der Waals surface area contributed by atoms with Crippen LogP contribution in [-0.2, 0) is 17.7 Å². The number of methoxy groups -OCH3 is 1. The van der Waals surface area contributed by atoms with Crippen molar-refractivity contribution in [2.24, 2.45) is 0 Å². The molecule has 2 aromatic rings. The molecule has 1 aromatic heterocycles. The van der Waals surface area contributed by atoms with Crippen LogP contribution in [0.25, 0.3) is 0 Å². The van der Waals surface area contributed by atoms with Gasteiger partial charge in [-0.2, -0.15) is 0 Å². The zero-order valence-corrected chi connectivity index (χ0v) is 26.2. The predicted molar refractivity (Wildman–Crippen MR) is 166 cm³/mol. The summed E-state index contributed by atoms with van der Waals surface area (Å²) in [5.41, 5.74) is 8.38. The number of esters is 1. The number of aromatic nitrogens is 2. The molecule has 1 aromatic carbocycles. The summed E-state index contributed by atoms with van der Waals surface area (Å²) in [4.78, 5) is 39.6. The first kappa shape index (κ1) is 32.1. The van der Waals surface area contributed by atoms with E-state index in [0.29, 0.717) is 36.0 Å². The van der Waals surface area contributed by atoms with Gasteiger partial charge in [-0.3, -0.25) is 9.80 Å². The number of hydrogen-bond acceptors (Lipinski definition) is 9. The minimum atomic E-state index is -0.656. The van der Waals surface area contributed by atoms with Gasteiger partial charge in [0, 0.05) is 56.4 Å². The highest BCUT2D eigenvalue weighted by Crippen LogP contribution is 2.30. The Bertz CT molecular complexity index is 1240. The molecular weight excluding hydrogens is 579 g/mol. The first-order valence-corrected chi connectivity index (χ1v) is 15.4. The number of piperidine rings is 1. The monoisotopic (exact) mass is 620 g/mol. The Kier molecular flexibility index (Phi) is 11.5. The molecule has 1 atom stereocenters. The van der Waals surface area contributed by atoms with Crippen LogP contribution in [0, 0.1) is 0 Å². The third-order valence-corrected chi connectivity index (χ3v) is 8.64. The second-order valence-corrected chi connectivity index (χ2v) is 11.6. The summed E-state index contributed by atoms with van der Waals surface area (Å²) < 4.78 is 4.73. The van der Waals surface area contributed by atoms with Crippen molar-refractivity contribution in [2.45, 2.75) is 58.2 Å². The predicted octanol–water partition coefficient (Wildman–Crippen LogP) is 3.58. The lowest BCUT2D eigenvalue weighted by molar-refractivity contribution is 0.0593. The number of carbonyl (C=O) groups is 2. The van der Waals surface area contributed by atoms with Gasteiger partial charge >= 0.3 is 12.0 Å². The Morgan fingerprint density at radius 2 is 1.83 bits per heavy atom. The first-order chi connectivity index (χ1) is 20.2. The van der Waals surface area contributed by atoms with Crippen molar-refractivity contribution in [1.82, 2.24) is 30.4 Å². The molecule has 0 bridgehead atoms. The molecule has 13 heteroatoms. The van der Waals surface area contributed by atoms with Gasteiger partial charge in [0.2, 0.25) is 0 Å². The van der Waals surface area contributed by atoms with Crippen LogP contribution in [0.2, 0.25) is 10.2 Å². The molecule has 0 aliphatic carbocycles. The Morgan fingerprint density at radius 3 is 2.52 bits per heavy atom. The summed E-state index contributed by atoms with van der Waals surface area (Å²) in [6, 6.07) is 6.78. The molecule has 2 amide bonds. The van der Waals surface area contributed by atoms with Crippen LogP contribution in [0.15, 0.2) is 18.2 Å². The molecule has 3 heterocycles. The van der Waals surface area contributed by atoms with Gasteiger partial charge < -0.3 is 26.0 Å². The van der Waals surface area contributed by atoms with Crippen molar-refractivity contribution in [2.75, 3.05) is 63.6 Å². The van der Waals surface area contributed by atoms with Crippen LogP contribution < -0.4 is 21.3 Å². The molecule has 2 saturated heterocycles. The summed E-state index contributed by atoms with van der Waals surface area (Å²) >= 11 is 12.8. The zero-order valence-electron chi connectivity index (χ0n) is 24.7. The molecule has 4 rings (SSSR count). The minimum Gasteiger partial charge on any atom is -0.464 e. The number of nitrogens with zero attached hydrogens (tertiary/aromatic N) is 5. The average Bonchev–Trinajstić information content (AvgIpc) is 2.99. The van der Waals surface area contributed by atoms with Crippen molar-refractivity contribution < 1.29 is 14.3 Å². The highest BCUT2D eigenvalue weighted by molar-refractivity contribution is 6.32. The van der Waals surface area contributed by atoms with E-state index in [4.69, 9.17) is 33.7 Å². The van der Waals surface area contributed by atoms with Crippen molar-refractivity contribution >= 4 is 46.8 Å². The maximum absolute atomic E-state index is 11.9. The number of rotatable bonds is 10. The Hall–Kier alpha value is -2.86. The molecule has 0 saturated carbocycles. The number of nitrogens with two attached hydrogens (primary N) is 1. The number of piperazine rings is 1. The Balaban J connectivity index is 1.33. The van der Waals surface area contributed by atoms with Gasteiger partial charge in [0.15, 0.2) is 22.5 Å². The van der Waals surface area contributed by atoms with E-state index in [1.54, 1.807) is 0 Å². The number of halogens is 2. The fraction of sp³-hybridized carbons (Fsp3) is 0.586. The molecule has 11 nitrogen and oxygen atoms in total. The Morgan fingerprint density at radius 1 is 1.07 bits per heavy atom. The lowest BCUT2D eigenvalue weighted by atomic mass is 9.97. The molecule has 0 spiro atoms. The normalized spacial score (nSPS) is 18.6. The topological polar surface area (TPSA) is 129 Å². The smallest absolute Gasteiger partial charge is 0.360 e. The van der Waals surface area contributed by atoms with E-state index in [2.05, 4.69) is 48.3 Å². The highest BCUT2D eigenvalue weighted by atomic mass is 35.5. The molecule has 230 valence electrons. The van der Waals surface area contributed by atoms with Gasteiger partial charge in [0.1, 0.15) is 0 Å². The second-order valence-electron chi connectivity index (χ2n) is 10.8. The van der Waals surface area contributed by atoms with Crippen molar-refractivity contribution in [3.05, 3.63) is 45.2 Å². The fourth-order valence-electron chi connectivity index (χ4n) is 5.94. The molecule has 2 aliphatic heterocycles. The standard InChI is InChI=1S/C29H42Cl2N8O3/c1-4-22-18-38(27-25(31)35-24(26(32)36-27)28(40)42-3)14-15-39(22)23-9-12-37(13-10-23)17-20-6-7-21(30)16-19(20)8-11-34-29(41)33-5-2/h6-7,16,22-23H,4-5,8-15,17-18H2,1-3H3,(H2,32,36)(H2,33,34,41)/t22-/m0/s1. The molecule has 0 radical (unpaired) electrons. The van der Waals surface area contributed by atoms with Crippen LogP contribution in [0.5, 0.6) is 0 Å². The SMILES string of the molecule is CCNC(=O)NCCc1cc(Cl)ccc1CN1CCC(N2CCN(c3nc(N)c(C(=O)OC)nc3Cl)C[C@@H]2CC)CC1. The zero-order chi connectivity index (χ0) is 30.2. The number of benzene rings is 1. The number of hydrogen-bond donors (Lipinski definition) is 3. The highest BCUT2D eigenvalue weighted by Gasteiger charge is 2.34. The quantitative estimate of drug-likeness (QED) is 0.341. The average molecular weight is 622 g/mol. The summed E-state index contributed by atoms with van der Waals surface area (Å²) in [5.74, 6) is -0.127. The summed E-state index contributed by atoms with van der Waals surface area (Å²) in [5, 5.41) is 6.54. The summed E-state index contributed by atoms with van der Waals surface area (Å²) in [6.45, 7) is 10.6. The third-order valence-electron chi connectivity index (χ3n) is 8.15. The second kappa shape index (κ2) is 15.0. The van der Waals surface area contributed by atoms with E-state index >= 15 is 0 Å². The van der Waals surface area contributed by atoms with Gasteiger partial charge in [-0.25, -0.2) is 19.6 Å². The number of anilines is 2. The number of nitrogens with one attached hydrogen (secondary N) is 2. The van der Waals surface area contributed by atoms with E-state index in [0.717, 1.165) is 65.0 Å². The lowest BCUT2D eigenvalue weighted by Crippen LogP contribution is -2.58. The molecule has 2 aliphatic rings. The van der Waals surface area contributed by atoms with Gasteiger partial charge in [-0.05, 0) is 69.0 Å². The van der Waals surface area contributed by atoms with E-state index in [-0.39, 0.29) is 22.7 Å². The van der Waals surface area contributed by atoms with Gasteiger partial charge in [-0.1, -0.05) is 36.2 Å². The van der Waals surface area contributed by atoms with Crippen LogP contribution in [0.3, 0.4) is 0 Å². The van der Waals surface area contributed by atoms with Crippen LogP contribution in [0.1, 0.15) is 54.7 Å². The maximum atomic E-state index is 11.9. The fourth-order valence-corrected chi connectivity index (χ4v) is 6.38. The molecule has 0 unspecified atom stereocenters. The Labute approximate surface area is 258 Å². The van der Waals surface area contributed by atoms with Crippen molar-refractivity contribution in [1.29, 1.82) is 0 Å². The lowest BCUT2D eigenvalue weighted by Gasteiger charge is -2.47. The molecule has 4 N–H and O–H groups in total. The van der Waals surface area contributed by atoms with Gasteiger partial charge in [0.05, 0.1) is 7.11 Å². The minimum absolute atomic E-state index is 0.0196. The number of likely N-dealkylation sites (tertiary alicyclic amines) is 1. The first-order valence-electron chi connectivity index (χ1n) is 14.7. The van der Waals surface area contributed by atoms with Gasteiger partial charge in [-0.15, -0.1) is 0 Å². The van der Waals surface area contributed by atoms with Crippen molar-refractivity contribution in [3.8, 4) is 0 Å². The number of nitrogen functional groups attached to an aromatic ring is 1. The van der Waals surface area contributed by atoms with Gasteiger partial charge in [0.25, 0.3) is 0 Å². The van der Waals surface area contributed by atoms with Crippen molar-refractivity contribution in [3.63, 3.8) is 0 Å². The van der Waals surface area contributed by atoms with Crippen LogP contribution >= 0.6 is 23.2 Å². The largest absolute Gasteiger partial charge is 0.464 e. The summed E-state index contributed by atoms with van der Waals surface area (Å²) in [6.07, 6.45) is 3.92. The number of ether oxygens (including phenoxy) is 1. The van der Waals surface area contributed by atoms with Crippen LogP contribution in [-0.4, -0.2) is 96.8 Å². The van der Waals surface area contributed by atoms with E-state index in [9.17, 15) is 9.59 Å². The van der Waals surface area contributed by atoms with E-state index < -0.39 is 5.97 Å². The number of carbonyl (C=O) groups excluding carboxylic acids is 2. The maximum Gasteiger partial charge on any atom is 0.360 e. The number of amides is 2.